The van der Waals surface area contributed by atoms with Crippen LogP contribution in [-0.4, -0.2) is 44.5 Å². The minimum absolute atomic E-state index is 0.0232. The average Bonchev–Trinajstić information content (AvgIpc) is 2.43. The molecule has 1 atom stereocenters. The SMILES string of the molecule is CN(C)CC(C)(C)CNC(=O)C1CNc2ccccc2C1. The highest BCUT2D eigenvalue weighted by Gasteiger charge is 2.26. The van der Waals surface area contributed by atoms with Crippen LogP contribution in [0.5, 0.6) is 0 Å². The van der Waals surface area contributed by atoms with Gasteiger partial charge in [0, 0.05) is 25.3 Å². The molecule has 1 aromatic rings. The van der Waals surface area contributed by atoms with E-state index < -0.39 is 0 Å². The predicted octanol–water partition coefficient (Wildman–Crippen LogP) is 1.97. The maximum Gasteiger partial charge on any atom is 0.225 e. The minimum atomic E-state index is 0.0232. The molecule has 0 fully saturated rings. The number of hydrogen-bond donors (Lipinski definition) is 2. The maximum atomic E-state index is 12.4. The van der Waals surface area contributed by atoms with Gasteiger partial charge in [0.1, 0.15) is 0 Å². The van der Waals surface area contributed by atoms with E-state index in [9.17, 15) is 4.79 Å². The molecule has 2 N–H and O–H groups in total. The Morgan fingerprint density at radius 1 is 1.38 bits per heavy atom. The molecule has 1 amide bonds. The van der Waals surface area contributed by atoms with E-state index in [4.69, 9.17) is 0 Å². The summed E-state index contributed by atoms with van der Waals surface area (Å²) in [7, 11) is 4.12. The van der Waals surface area contributed by atoms with Gasteiger partial charge in [-0.15, -0.1) is 0 Å². The Kier molecular flexibility index (Phi) is 4.88. The van der Waals surface area contributed by atoms with Crippen LogP contribution in [0.1, 0.15) is 19.4 Å². The Balaban J connectivity index is 1.88. The number of nitrogens with zero attached hydrogens (tertiary/aromatic N) is 1. The van der Waals surface area contributed by atoms with E-state index in [1.54, 1.807) is 0 Å². The molecule has 4 heteroatoms. The number of anilines is 1. The fourth-order valence-electron chi connectivity index (χ4n) is 3.01. The molecule has 0 saturated heterocycles. The van der Waals surface area contributed by atoms with Gasteiger partial charge >= 0.3 is 0 Å². The number of hydrogen-bond acceptors (Lipinski definition) is 3. The maximum absolute atomic E-state index is 12.4. The third-order valence-electron chi connectivity index (χ3n) is 3.88. The molecule has 0 aromatic heterocycles. The Morgan fingerprint density at radius 2 is 2.10 bits per heavy atom. The second-order valence-electron chi connectivity index (χ2n) is 7.06. The molecule has 1 unspecified atom stereocenters. The fourth-order valence-corrected chi connectivity index (χ4v) is 3.01. The first-order valence-electron chi connectivity index (χ1n) is 7.62. The molecule has 0 spiro atoms. The molecule has 1 aromatic carbocycles. The number of para-hydroxylation sites is 1. The summed E-state index contributed by atoms with van der Waals surface area (Å²) in [5.74, 6) is 0.180. The standard InChI is InChI=1S/C17H27N3O/c1-17(2,12-20(3)4)11-19-16(21)14-9-13-7-5-6-8-15(13)18-10-14/h5-8,14,18H,9-12H2,1-4H3,(H,19,21). The van der Waals surface area contributed by atoms with E-state index in [1.807, 2.05) is 12.1 Å². The van der Waals surface area contributed by atoms with Crippen molar-refractivity contribution in [2.45, 2.75) is 20.3 Å². The van der Waals surface area contributed by atoms with Gasteiger partial charge in [-0.2, -0.15) is 0 Å². The topological polar surface area (TPSA) is 44.4 Å². The van der Waals surface area contributed by atoms with Crippen molar-refractivity contribution in [1.29, 1.82) is 0 Å². The number of rotatable bonds is 5. The Hall–Kier alpha value is -1.55. The monoisotopic (exact) mass is 289 g/mol. The molecule has 0 saturated carbocycles. The third-order valence-corrected chi connectivity index (χ3v) is 3.88. The van der Waals surface area contributed by atoms with Gasteiger partial charge in [-0.1, -0.05) is 32.0 Å². The van der Waals surface area contributed by atoms with Crippen molar-refractivity contribution < 1.29 is 4.79 Å². The van der Waals surface area contributed by atoms with Crippen LogP contribution in [0.2, 0.25) is 0 Å². The molecular formula is C17H27N3O. The predicted molar refractivity (Wildman–Crippen MR) is 87.5 cm³/mol. The zero-order valence-corrected chi connectivity index (χ0v) is 13.6. The number of carbonyl (C=O) groups is 1. The Labute approximate surface area is 127 Å². The van der Waals surface area contributed by atoms with Crippen LogP contribution in [0, 0.1) is 11.3 Å². The normalized spacial score (nSPS) is 18.0. The lowest BCUT2D eigenvalue weighted by Crippen LogP contribution is -2.44. The van der Waals surface area contributed by atoms with Gasteiger partial charge in [-0.25, -0.2) is 0 Å². The first-order valence-corrected chi connectivity index (χ1v) is 7.62. The van der Waals surface area contributed by atoms with Crippen LogP contribution in [0.3, 0.4) is 0 Å². The molecule has 1 aliphatic rings. The van der Waals surface area contributed by atoms with Crippen molar-refractivity contribution in [3.63, 3.8) is 0 Å². The molecule has 116 valence electrons. The highest BCUT2D eigenvalue weighted by molar-refractivity contribution is 5.80. The van der Waals surface area contributed by atoms with E-state index in [0.717, 1.165) is 25.2 Å². The molecule has 0 radical (unpaired) electrons. The van der Waals surface area contributed by atoms with Crippen molar-refractivity contribution in [1.82, 2.24) is 10.2 Å². The molecule has 4 nitrogen and oxygen atoms in total. The zero-order chi connectivity index (χ0) is 15.5. The van der Waals surface area contributed by atoms with Crippen molar-refractivity contribution in [3.05, 3.63) is 29.8 Å². The first-order chi connectivity index (χ1) is 9.87. The molecule has 0 aliphatic carbocycles. The summed E-state index contributed by atoms with van der Waals surface area (Å²) >= 11 is 0. The molecule has 1 heterocycles. The highest BCUT2D eigenvalue weighted by Crippen LogP contribution is 2.24. The first kappa shape index (κ1) is 15.8. The molecule has 0 bridgehead atoms. The van der Waals surface area contributed by atoms with Crippen LogP contribution < -0.4 is 10.6 Å². The van der Waals surface area contributed by atoms with E-state index in [-0.39, 0.29) is 17.2 Å². The lowest BCUT2D eigenvalue weighted by Gasteiger charge is -2.30. The van der Waals surface area contributed by atoms with Gasteiger partial charge in [0.05, 0.1) is 5.92 Å². The van der Waals surface area contributed by atoms with Gasteiger partial charge in [-0.3, -0.25) is 4.79 Å². The van der Waals surface area contributed by atoms with Gasteiger partial charge in [0.25, 0.3) is 0 Å². The lowest BCUT2D eigenvalue weighted by atomic mass is 9.91. The van der Waals surface area contributed by atoms with Crippen molar-refractivity contribution >= 4 is 11.6 Å². The molecule has 2 rings (SSSR count). The summed E-state index contributed by atoms with van der Waals surface area (Å²) in [5, 5.41) is 6.48. The van der Waals surface area contributed by atoms with Gasteiger partial charge in [0.2, 0.25) is 5.91 Å². The number of fused-ring (bicyclic) bond motifs is 1. The Bertz CT molecular complexity index is 497. The number of carbonyl (C=O) groups excluding carboxylic acids is 1. The van der Waals surface area contributed by atoms with Gasteiger partial charge < -0.3 is 15.5 Å². The third kappa shape index (κ3) is 4.46. The zero-order valence-electron chi connectivity index (χ0n) is 13.6. The van der Waals surface area contributed by atoms with Crippen molar-refractivity contribution in [2.24, 2.45) is 11.3 Å². The van der Waals surface area contributed by atoms with E-state index >= 15 is 0 Å². The summed E-state index contributed by atoms with van der Waals surface area (Å²) in [5.41, 5.74) is 2.48. The number of benzene rings is 1. The summed E-state index contributed by atoms with van der Waals surface area (Å²) in [6, 6.07) is 8.22. The number of nitrogens with one attached hydrogen (secondary N) is 2. The summed E-state index contributed by atoms with van der Waals surface area (Å²) in [6.07, 6.45) is 0.823. The smallest absolute Gasteiger partial charge is 0.225 e. The summed E-state index contributed by atoms with van der Waals surface area (Å²) < 4.78 is 0. The van der Waals surface area contributed by atoms with E-state index in [2.05, 4.69) is 55.6 Å². The summed E-state index contributed by atoms with van der Waals surface area (Å²) in [4.78, 5) is 14.5. The second-order valence-corrected chi connectivity index (χ2v) is 7.06. The molecule has 21 heavy (non-hydrogen) atoms. The van der Waals surface area contributed by atoms with Crippen molar-refractivity contribution in [3.8, 4) is 0 Å². The molecule has 1 aliphatic heterocycles. The van der Waals surface area contributed by atoms with Gasteiger partial charge in [0.15, 0.2) is 0 Å². The van der Waals surface area contributed by atoms with Crippen LogP contribution in [-0.2, 0) is 11.2 Å². The average molecular weight is 289 g/mol. The van der Waals surface area contributed by atoms with E-state index in [1.165, 1.54) is 5.56 Å². The van der Waals surface area contributed by atoms with Crippen LogP contribution in [0.25, 0.3) is 0 Å². The lowest BCUT2D eigenvalue weighted by molar-refractivity contribution is -0.125. The quantitative estimate of drug-likeness (QED) is 0.871. The molecular weight excluding hydrogens is 262 g/mol. The van der Waals surface area contributed by atoms with Crippen LogP contribution in [0.4, 0.5) is 5.69 Å². The Morgan fingerprint density at radius 3 is 2.81 bits per heavy atom. The fraction of sp³-hybridized carbons (Fsp3) is 0.588. The van der Waals surface area contributed by atoms with E-state index in [0.29, 0.717) is 6.54 Å². The summed E-state index contributed by atoms with van der Waals surface area (Å²) in [6.45, 7) is 6.75. The van der Waals surface area contributed by atoms with Crippen LogP contribution in [0.15, 0.2) is 24.3 Å². The minimum Gasteiger partial charge on any atom is -0.384 e. The second kappa shape index (κ2) is 6.48. The number of amides is 1. The highest BCUT2D eigenvalue weighted by atomic mass is 16.1. The van der Waals surface area contributed by atoms with Gasteiger partial charge in [-0.05, 0) is 37.6 Å². The largest absolute Gasteiger partial charge is 0.384 e. The van der Waals surface area contributed by atoms with Crippen LogP contribution >= 0.6 is 0 Å². The van der Waals surface area contributed by atoms with Crippen molar-refractivity contribution in [2.75, 3.05) is 39.0 Å².